The molecule has 0 radical (unpaired) electrons. The van der Waals surface area contributed by atoms with Crippen LogP contribution in [-0.2, 0) is 4.79 Å². The molecule has 0 saturated heterocycles. The lowest BCUT2D eigenvalue weighted by molar-refractivity contribution is -0.385. The first-order chi connectivity index (χ1) is 12.7. The molecule has 0 aliphatic carbocycles. The van der Waals surface area contributed by atoms with Crippen LogP contribution in [-0.4, -0.2) is 23.0 Å². The van der Waals surface area contributed by atoms with Crippen LogP contribution in [0.25, 0.3) is 5.57 Å². The zero-order valence-electron chi connectivity index (χ0n) is 15.3. The highest BCUT2D eigenvalue weighted by molar-refractivity contribution is 5.82. The summed E-state index contributed by atoms with van der Waals surface area (Å²) in [7, 11) is 0. The highest BCUT2D eigenvalue weighted by Gasteiger charge is 2.23. The molecule has 0 fully saturated rings. The molecule has 0 bridgehead atoms. The number of nitrogens with zero attached hydrogens (tertiary/aromatic N) is 1. The second kappa shape index (κ2) is 7.11. The summed E-state index contributed by atoms with van der Waals surface area (Å²) in [5, 5.41) is 14.4. The summed E-state index contributed by atoms with van der Waals surface area (Å²) in [6.07, 6.45) is 2.11. The Morgan fingerprint density at radius 1 is 1.22 bits per heavy atom. The van der Waals surface area contributed by atoms with E-state index in [2.05, 4.69) is 25.2 Å². The van der Waals surface area contributed by atoms with Gasteiger partial charge in [-0.1, -0.05) is 18.2 Å². The van der Waals surface area contributed by atoms with Crippen molar-refractivity contribution in [3.8, 4) is 11.5 Å². The van der Waals surface area contributed by atoms with Crippen molar-refractivity contribution in [1.82, 2.24) is 0 Å². The number of carbonyl (C=O) groups is 1. The lowest BCUT2D eigenvalue weighted by atomic mass is 9.91. The van der Waals surface area contributed by atoms with Crippen LogP contribution in [0.15, 0.2) is 48.5 Å². The molecule has 7 heteroatoms. The number of esters is 1. The Kier molecular flexibility index (Phi) is 4.85. The molecule has 0 spiro atoms. The molecule has 2 aromatic carbocycles. The number of ether oxygens (including phenoxy) is 2. The van der Waals surface area contributed by atoms with Crippen molar-refractivity contribution in [3.63, 3.8) is 0 Å². The van der Waals surface area contributed by atoms with E-state index in [0.29, 0.717) is 5.75 Å². The number of carbonyl (C=O) groups excluding carboxylic acids is 1. The second-order valence-electron chi connectivity index (χ2n) is 6.87. The van der Waals surface area contributed by atoms with Crippen molar-refractivity contribution in [2.75, 3.05) is 11.9 Å². The first-order valence-corrected chi connectivity index (χ1v) is 8.44. The lowest BCUT2D eigenvalue weighted by Crippen LogP contribution is -2.31. The molecule has 0 amide bonds. The lowest BCUT2D eigenvalue weighted by Gasteiger charge is -2.31. The van der Waals surface area contributed by atoms with E-state index in [1.165, 1.54) is 18.2 Å². The van der Waals surface area contributed by atoms with Gasteiger partial charge in [0.15, 0.2) is 12.4 Å². The summed E-state index contributed by atoms with van der Waals surface area (Å²) in [5.74, 6) is -0.229. The van der Waals surface area contributed by atoms with Crippen LogP contribution in [0.2, 0.25) is 0 Å². The van der Waals surface area contributed by atoms with E-state index in [9.17, 15) is 14.9 Å². The fourth-order valence-corrected chi connectivity index (χ4v) is 3.05. The molecule has 27 heavy (non-hydrogen) atoms. The quantitative estimate of drug-likeness (QED) is 0.368. The van der Waals surface area contributed by atoms with Crippen LogP contribution in [0, 0.1) is 10.1 Å². The minimum atomic E-state index is -0.640. The highest BCUT2D eigenvalue weighted by Crippen LogP contribution is 2.35. The SMILES string of the molecule is CC1=CC(C)(C)Nc2ccc(OC(=O)COc3ccccc3[N+](=O)[O-])cc21. The maximum atomic E-state index is 12.1. The molecule has 2 aromatic rings. The summed E-state index contributed by atoms with van der Waals surface area (Å²) in [4.78, 5) is 22.5. The first kappa shape index (κ1) is 18.4. The summed E-state index contributed by atoms with van der Waals surface area (Å²) in [6, 6.07) is 11.2. The molecule has 0 atom stereocenters. The van der Waals surface area contributed by atoms with Gasteiger partial charge < -0.3 is 14.8 Å². The largest absolute Gasteiger partial charge is 0.475 e. The van der Waals surface area contributed by atoms with Crippen LogP contribution < -0.4 is 14.8 Å². The van der Waals surface area contributed by atoms with Crippen LogP contribution in [0.5, 0.6) is 11.5 Å². The molecule has 1 aliphatic rings. The predicted octanol–water partition coefficient (Wildman–Crippen LogP) is 4.19. The number of benzene rings is 2. The number of hydrogen-bond acceptors (Lipinski definition) is 6. The maximum absolute atomic E-state index is 12.1. The molecule has 3 rings (SSSR count). The number of nitro benzene ring substituents is 1. The smallest absolute Gasteiger partial charge is 0.349 e. The Labute approximate surface area is 156 Å². The topological polar surface area (TPSA) is 90.7 Å². The summed E-state index contributed by atoms with van der Waals surface area (Å²) in [6.45, 7) is 5.73. The molecular weight excluding hydrogens is 348 g/mol. The van der Waals surface area contributed by atoms with E-state index < -0.39 is 17.5 Å². The van der Waals surface area contributed by atoms with E-state index in [0.717, 1.165) is 16.8 Å². The van der Waals surface area contributed by atoms with Gasteiger partial charge in [0.05, 0.1) is 10.5 Å². The van der Waals surface area contributed by atoms with Crippen molar-refractivity contribution >= 4 is 22.9 Å². The number of nitro groups is 1. The number of anilines is 1. The average molecular weight is 368 g/mol. The van der Waals surface area contributed by atoms with Gasteiger partial charge in [0.25, 0.3) is 0 Å². The average Bonchev–Trinajstić information content (AvgIpc) is 2.60. The van der Waals surface area contributed by atoms with E-state index in [4.69, 9.17) is 9.47 Å². The predicted molar refractivity (Wildman–Crippen MR) is 102 cm³/mol. The van der Waals surface area contributed by atoms with Crippen LogP contribution in [0.4, 0.5) is 11.4 Å². The summed E-state index contributed by atoms with van der Waals surface area (Å²) < 4.78 is 10.6. The molecule has 0 aromatic heterocycles. The zero-order valence-corrected chi connectivity index (χ0v) is 15.3. The van der Waals surface area contributed by atoms with Gasteiger partial charge in [-0.25, -0.2) is 4.79 Å². The molecule has 1 aliphatic heterocycles. The molecule has 1 heterocycles. The minimum absolute atomic E-state index is 0.0232. The third kappa shape index (κ3) is 4.25. The van der Waals surface area contributed by atoms with Gasteiger partial charge in [0.2, 0.25) is 0 Å². The van der Waals surface area contributed by atoms with Crippen molar-refractivity contribution < 1.29 is 19.2 Å². The number of rotatable bonds is 5. The Hall–Kier alpha value is -3.35. The van der Waals surface area contributed by atoms with Crippen LogP contribution >= 0.6 is 0 Å². The number of fused-ring (bicyclic) bond motifs is 1. The number of hydrogen-bond donors (Lipinski definition) is 1. The van der Waals surface area contributed by atoms with E-state index in [1.807, 2.05) is 13.0 Å². The number of para-hydroxylation sites is 2. The van der Waals surface area contributed by atoms with E-state index in [1.54, 1.807) is 18.2 Å². The molecule has 0 saturated carbocycles. The zero-order chi connectivity index (χ0) is 19.6. The van der Waals surface area contributed by atoms with Gasteiger partial charge in [0, 0.05) is 17.3 Å². The molecule has 140 valence electrons. The fraction of sp³-hybridized carbons (Fsp3) is 0.250. The van der Waals surface area contributed by atoms with Crippen LogP contribution in [0.3, 0.4) is 0 Å². The van der Waals surface area contributed by atoms with E-state index >= 15 is 0 Å². The van der Waals surface area contributed by atoms with Gasteiger partial charge in [-0.05, 0) is 50.6 Å². The molecule has 1 N–H and O–H groups in total. The number of nitrogens with one attached hydrogen (secondary N) is 1. The van der Waals surface area contributed by atoms with Crippen LogP contribution in [0.1, 0.15) is 26.3 Å². The van der Waals surface area contributed by atoms with Gasteiger partial charge in [0.1, 0.15) is 5.75 Å². The van der Waals surface area contributed by atoms with Crippen molar-refractivity contribution in [2.45, 2.75) is 26.3 Å². The van der Waals surface area contributed by atoms with E-state index in [-0.39, 0.29) is 17.0 Å². The van der Waals surface area contributed by atoms with Gasteiger partial charge in [-0.2, -0.15) is 0 Å². The monoisotopic (exact) mass is 368 g/mol. The highest BCUT2D eigenvalue weighted by atomic mass is 16.6. The van der Waals surface area contributed by atoms with Gasteiger partial charge >= 0.3 is 11.7 Å². The van der Waals surface area contributed by atoms with Crippen molar-refractivity contribution in [3.05, 3.63) is 64.2 Å². The normalized spacial score (nSPS) is 14.4. The Morgan fingerprint density at radius 3 is 2.70 bits per heavy atom. The van der Waals surface area contributed by atoms with Gasteiger partial charge in [-0.15, -0.1) is 0 Å². The Balaban J connectivity index is 1.68. The van der Waals surface area contributed by atoms with Crippen molar-refractivity contribution in [1.29, 1.82) is 0 Å². The second-order valence-corrected chi connectivity index (χ2v) is 6.87. The third-order valence-electron chi connectivity index (χ3n) is 4.09. The maximum Gasteiger partial charge on any atom is 0.349 e. The first-order valence-electron chi connectivity index (χ1n) is 8.44. The van der Waals surface area contributed by atoms with Gasteiger partial charge in [-0.3, -0.25) is 10.1 Å². The molecule has 7 nitrogen and oxygen atoms in total. The standard InChI is InChI=1S/C20H20N2O5/c1-13-11-20(2,3)21-16-9-8-14(10-15(13)16)27-19(23)12-26-18-7-5-4-6-17(18)22(24)25/h4-11,21H,12H2,1-3H3. The Bertz CT molecular complexity index is 934. The van der Waals surface area contributed by atoms with Crippen molar-refractivity contribution in [2.24, 2.45) is 0 Å². The fourth-order valence-electron chi connectivity index (χ4n) is 3.05. The molecule has 0 unspecified atom stereocenters. The molecular formula is C20H20N2O5. The minimum Gasteiger partial charge on any atom is -0.475 e. The summed E-state index contributed by atoms with van der Waals surface area (Å²) in [5.41, 5.74) is 2.67. The third-order valence-corrected chi connectivity index (χ3v) is 4.09. The summed E-state index contributed by atoms with van der Waals surface area (Å²) >= 11 is 0. The Morgan fingerprint density at radius 2 is 1.96 bits per heavy atom. The number of allylic oxidation sites excluding steroid dienone is 1.